The van der Waals surface area contributed by atoms with Crippen LogP contribution in [-0.2, 0) is 6.54 Å². The summed E-state index contributed by atoms with van der Waals surface area (Å²) in [6.07, 6.45) is 7.90. The van der Waals surface area contributed by atoms with E-state index in [2.05, 4.69) is 72.7 Å². The zero-order valence-electron chi connectivity index (χ0n) is 18.1. The maximum Gasteiger partial charge on any atom is 0.253 e. The van der Waals surface area contributed by atoms with E-state index in [-0.39, 0.29) is 0 Å². The average Bonchev–Trinajstić information content (AvgIpc) is 3.20. The molecule has 1 aromatic carbocycles. The molecule has 1 saturated heterocycles. The Hall–Kier alpha value is -2.20. The molecule has 4 rings (SSSR count). The molecule has 2 aliphatic rings. The lowest BCUT2D eigenvalue weighted by Gasteiger charge is -2.36. The van der Waals surface area contributed by atoms with Crippen molar-refractivity contribution in [3.8, 4) is 11.4 Å². The zero-order valence-corrected chi connectivity index (χ0v) is 18.1. The molecule has 4 heteroatoms. The maximum atomic E-state index is 5.57. The van der Waals surface area contributed by atoms with E-state index in [1.165, 1.54) is 42.6 Å². The molecule has 2 heterocycles. The van der Waals surface area contributed by atoms with Crippen molar-refractivity contribution in [2.24, 2.45) is 11.3 Å². The molecule has 4 nitrogen and oxygen atoms in total. The van der Waals surface area contributed by atoms with E-state index in [0.717, 1.165) is 31.4 Å². The fraction of sp³-hybridized carbons (Fsp3) is 0.520. The molecular formula is C25H33N3O. The highest BCUT2D eigenvalue weighted by Gasteiger charge is 2.25. The first-order chi connectivity index (χ1) is 13.9. The van der Waals surface area contributed by atoms with E-state index >= 15 is 0 Å². The maximum absolute atomic E-state index is 5.57. The second kappa shape index (κ2) is 8.27. The van der Waals surface area contributed by atoms with Gasteiger partial charge in [-0.2, -0.15) is 4.98 Å². The largest absolute Gasteiger partial charge is 0.334 e. The SMILES string of the molecule is C=C(C)C1CC=C(c2nc(-c3ccc(CN4CCC(C)(C)CC4)cc3)no2)CC1. The van der Waals surface area contributed by atoms with Crippen LogP contribution in [0.25, 0.3) is 17.0 Å². The quantitative estimate of drug-likeness (QED) is 0.576. The molecule has 1 aromatic heterocycles. The van der Waals surface area contributed by atoms with E-state index < -0.39 is 0 Å². The van der Waals surface area contributed by atoms with E-state index in [9.17, 15) is 0 Å². The molecule has 1 atom stereocenters. The normalized spacial score (nSPS) is 22.3. The summed E-state index contributed by atoms with van der Waals surface area (Å²) in [5.74, 6) is 1.93. The lowest BCUT2D eigenvalue weighted by atomic mass is 9.82. The number of hydrogen-bond acceptors (Lipinski definition) is 4. The van der Waals surface area contributed by atoms with E-state index in [1.807, 2.05) is 0 Å². The van der Waals surface area contributed by atoms with Crippen molar-refractivity contribution in [2.75, 3.05) is 13.1 Å². The monoisotopic (exact) mass is 391 g/mol. The summed E-state index contributed by atoms with van der Waals surface area (Å²) in [7, 11) is 0. The van der Waals surface area contributed by atoms with Gasteiger partial charge in [0.1, 0.15) is 0 Å². The predicted octanol–water partition coefficient (Wildman–Crippen LogP) is 6.12. The third kappa shape index (κ3) is 4.87. The molecule has 154 valence electrons. The van der Waals surface area contributed by atoms with Crippen LogP contribution in [0.5, 0.6) is 0 Å². The molecule has 0 bridgehead atoms. The number of likely N-dealkylation sites (tertiary alicyclic amines) is 1. The first-order valence-electron chi connectivity index (χ1n) is 10.9. The lowest BCUT2D eigenvalue weighted by Crippen LogP contribution is -2.36. The highest BCUT2D eigenvalue weighted by Crippen LogP contribution is 2.33. The molecule has 0 N–H and O–H groups in total. The minimum absolute atomic E-state index is 0.496. The molecule has 0 spiro atoms. The third-order valence-electron chi connectivity index (χ3n) is 6.64. The predicted molar refractivity (Wildman–Crippen MR) is 118 cm³/mol. The van der Waals surface area contributed by atoms with Gasteiger partial charge < -0.3 is 4.52 Å². The lowest BCUT2D eigenvalue weighted by molar-refractivity contribution is 0.127. The topological polar surface area (TPSA) is 42.2 Å². The average molecular weight is 392 g/mol. The number of allylic oxidation sites excluding steroid dienone is 3. The van der Waals surface area contributed by atoms with Crippen LogP contribution in [0, 0.1) is 11.3 Å². The summed E-state index contributed by atoms with van der Waals surface area (Å²) in [5, 5.41) is 4.22. The molecular weight excluding hydrogens is 358 g/mol. The van der Waals surface area contributed by atoms with Gasteiger partial charge in [-0.15, -0.1) is 0 Å². The third-order valence-corrected chi connectivity index (χ3v) is 6.64. The van der Waals surface area contributed by atoms with Gasteiger partial charge >= 0.3 is 0 Å². The Morgan fingerprint density at radius 3 is 2.55 bits per heavy atom. The van der Waals surface area contributed by atoms with Crippen molar-refractivity contribution in [3.05, 3.63) is 53.9 Å². The molecule has 1 unspecified atom stereocenters. The summed E-state index contributed by atoms with van der Waals surface area (Å²) in [6.45, 7) is 14.3. The van der Waals surface area contributed by atoms with Gasteiger partial charge in [0.15, 0.2) is 0 Å². The first kappa shape index (κ1) is 20.1. The molecule has 0 radical (unpaired) electrons. The zero-order chi connectivity index (χ0) is 20.4. The van der Waals surface area contributed by atoms with Crippen molar-refractivity contribution in [1.82, 2.24) is 15.0 Å². The van der Waals surface area contributed by atoms with Crippen LogP contribution in [0.15, 0.2) is 47.0 Å². The summed E-state index contributed by atoms with van der Waals surface area (Å²) in [5.41, 5.74) is 5.29. The number of hydrogen-bond donors (Lipinski definition) is 0. The standard InChI is InChI=1S/C25H33N3O/c1-18(2)20-9-11-22(12-10-20)24-26-23(27-29-24)21-7-5-19(6-8-21)17-28-15-13-25(3,4)14-16-28/h5-8,11,20H,1,9-10,12-17H2,2-4H3. The number of rotatable bonds is 5. The van der Waals surface area contributed by atoms with Crippen LogP contribution in [0.1, 0.15) is 64.3 Å². The van der Waals surface area contributed by atoms with Gasteiger partial charge in [0.05, 0.1) is 0 Å². The summed E-state index contributed by atoms with van der Waals surface area (Å²) in [4.78, 5) is 7.21. The number of benzene rings is 1. The Morgan fingerprint density at radius 1 is 1.21 bits per heavy atom. The minimum atomic E-state index is 0.496. The second-order valence-electron chi connectivity index (χ2n) is 9.61. The number of piperidine rings is 1. The molecule has 1 fully saturated rings. The number of aromatic nitrogens is 2. The van der Waals surface area contributed by atoms with Gasteiger partial charge in [0, 0.05) is 17.7 Å². The molecule has 2 aromatic rings. The summed E-state index contributed by atoms with van der Waals surface area (Å²) < 4.78 is 5.57. The van der Waals surface area contributed by atoms with Crippen molar-refractivity contribution in [3.63, 3.8) is 0 Å². The molecule has 0 amide bonds. The molecule has 0 saturated carbocycles. The Kier molecular flexibility index (Phi) is 5.73. The Bertz CT molecular complexity index is 881. The van der Waals surface area contributed by atoms with Crippen molar-refractivity contribution in [1.29, 1.82) is 0 Å². The van der Waals surface area contributed by atoms with E-state index in [4.69, 9.17) is 4.52 Å². The van der Waals surface area contributed by atoms with Crippen LogP contribution >= 0.6 is 0 Å². The van der Waals surface area contributed by atoms with E-state index in [1.54, 1.807) is 0 Å². The van der Waals surface area contributed by atoms with Gasteiger partial charge in [-0.25, -0.2) is 0 Å². The molecule has 1 aliphatic carbocycles. The van der Waals surface area contributed by atoms with Crippen LogP contribution in [0.2, 0.25) is 0 Å². The van der Waals surface area contributed by atoms with Crippen molar-refractivity contribution < 1.29 is 4.52 Å². The summed E-state index contributed by atoms with van der Waals surface area (Å²) >= 11 is 0. The van der Waals surface area contributed by atoms with Crippen LogP contribution < -0.4 is 0 Å². The van der Waals surface area contributed by atoms with E-state index in [0.29, 0.717) is 23.0 Å². The highest BCUT2D eigenvalue weighted by molar-refractivity contribution is 5.62. The van der Waals surface area contributed by atoms with Gasteiger partial charge in [0.25, 0.3) is 5.89 Å². The van der Waals surface area contributed by atoms with Gasteiger partial charge in [-0.3, -0.25) is 4.90 Å². The Balaban J connectivity index is 1.38. The number of nitrogens with zero attached hydrogens (tertiary/aromatic N) is 3. The van der Waals surface area contributed by atoms with Crippen LogP contribution in [0.4, 0.5) is 0 Å². The summed E-state index contributed by atoms with van der Waals surface area (Å²) in [6, 6.07) is 8.62. The van der Waals surface area contributed by atoms with Crippen LogP contribution in [-0.4, -0.2) is 28.1 Å². The van der Waals surface area contributed by atoms with Crippen LogP contribution in [0.3, 0.4) is 0 Å². The molecule has 29 heavy (non-hydrogen) atoms. The van der Waals surface area contributed by atoms with Crippen molar-refractivity contribution >= 4 is 5.57 Å². The first-order valence-corrected chi connectivity index (χ1v) is 10.9. The van der Waals surface area contributed by atoms with Crippen molar-refractivity contribution in [2.45, 2.75) is 59.4 Å². The van der Waals surface area contributed by atoms with Gasteiger partial charge in [0.2, 0.25) is 5.82 Å². The molecule has 1 aliphatic heterocycles. The Labute approximate surface area is 174 Å². The fourth-order valence-electron chi connectivity index (χ4n) is 4.28. The Morgan fingerprint density at radius 2 is 1.93 bits per heavy atom. The van der Waals surface area contributed by atoms with Gasteiger partial charge in [-0.1, -0.05) is 61.5 Å². The minimum Gasteiger partial charge on any atom is -0.334 e. The second-order valence-corrected chi connectivity index (χ2v) is 9.61. The smallest absolute Gasteiger partial charge is 0.253 e. The highest BCUT2D eigenvalue weighted by atomic mass is 16.5. The van der Waals surface area contributed by atoms with Gasteiger partial charge in [-0.05, 0) is 69.0 Å². The fourth-order valence-corrected chi connectivity index (χ4v) is 4.28.